The van der Waals surface area contributed by atoms with Gasteiger partial charge in [-0.1, -0.05) is 0 Å². The van der Waals surface area contributed by atoms with Gasteiger partial charge in [-0.05, 0) is 79.0 Å². The van der Waals surface area contributed by atoms with Gasteiger partial charge < -0.3 is 20.3 Å². The molecule has 1 aliphatic heterocycles. The van der Waals surface area contributed by atoms with Gasteiger partial charge in [-0.25, -0.2) is 0 Å². The Bertz CT molecular complexity index is 228. The zero-order valence-corrected chi connectivity index (χ0v) is 13.7. The minimum absolute atomic E-state index is 0.235. The van der Waals surface area contributed by atoms with Crippen LogP contribution in [0.15, 0.2) is 0 Å². The van der Waals surface area contributed by atoms with Crippen molar-refractivity contribution >= 4 is 0 Å². The number of hydrogen-bond acceptors (Lipinski definition) is 5. The largest absolute Gasteiger partial charge is 0.366 e. The Morgan fingerprint density at radius 1 is 0.850 bits per heavy atom. The van der Waals surface area contributed by atoms with Crippen LogP contribution in [-0.4, -0.2) is 83.0 Å². The highest BCUT2D eigenvalue weighted by Gasteiger charge is 2.13. The maximum Gasteiger partial charge on any atom is 0.111 e. The Balaban J connectivity index is 2.34. The lowest BCUT2D eigenvalue weighted by Crippen LogP contribution is -2.38. The fraction of sp³-hybridized carbons (Fsp3) is 1.00. The minimum Gasteiger partial charge on any atom is -0.366 e. The molecule has 5 heteroatoms. The SMILES string of the molecule is COC1CCNCCCNCCCN(C)CCCN1C. The van der Waals surface area contributed by atoms with Crippen LogP contribution >= 0.6 is 0 Å². The molecule has 0 amide bonds. The average Bonchev–Trinajstić information content (AvgIpc) is 2.43. The van der Waals surface area contributed by atoms with Crippen LogP contribution in [0, 0.1) is 0 Å². The fourth-order valence-electron chi connectivity index (χ4n) is 2.65. The highest BCUT2D eigenvalue weighted by Crippen LogP contribution is 2.04. The summed E-state index contributed by atoms with van der Waals surface area (Å²) in [7, 11) is 6.21. The van der Waals surface area contributed by atoms with Gasteiger partial charge in [0.1, 0.15) is 6.23 Å². The summed E-state index contributed by atoms with van der Waals surface area (Å²) < 4.78 is 5.59. The quantitative estimate of drug-likeness (QED) is 0.738. The molecule has 1 unspecified atom stereocenters. The molecule has 1 rings (SSSR count). The molecule has 0 spiro atoms. The molecule has 1 aliphatic rings. The van der Waals surface area contributed by atoms with Gasteiger partial charge in [-0.15, -0.1) is 0 Å². The van der Waals surface area contributed by atoms with Gasteiger partial charge in [0.2, 0.25) is 0 Å². The molecular formula is C15H34N4O. The van der Waals surface area contributed by atoms with Crippen LogP contribution in [0.3, 0.4) is 0 Å². The molecule has 0 bridgehead atoms. The van der Waals surface area contributed by atoms with Crippen molar-refractivity contribution in [1.82, 2.24) is 20.4 Å². The third kappa shape index (κ3) is 8.17. The molecule has 0 aromatic carbocycles. The molecular weight excluding hydrogens is 252 g/mol. The van der Waals surface area contributed by atoms with Crippen LogP contribution in [-0.2, 0) is 4.74 Å². The van der Waals surface area contributed by atoms with Crippen molar-refractivity contribution in [2.45, 2.75) is 31.9 Å². The van der Waals surface area contributed by atoms with Gasteiger partial charge in [0.05, 0.1) is 0 Å². The fourth-order valence-corrected chi connectivity index (χ4v) is 2.65. The zero-order chi connectivity index (χ0) is 14.6. The number of nitrogens with one attached hydrogen (secondary N) is 2. The summed E-state index contributed by atoms with van der Waals surface area (Å²) in [6.45, 7) is 7.82. The van der Waals surface area contributed by atoms with Crippen LogP contribution < -0.4 is 10.6 Å². The van der Waals surface area contributed by atoms with E-state index in [0.717, 1.165) is 39.1 Å². The van der Waals surface area contributed by atoms with Crippen molar-refractivity contribution in [3.05, 3.63) is 0 Å². The van der Waals surface area contributed by atoms with E-state index in [4.69, 9.17) is 4.74 Å². The lowest BCUT2D eigenvalue weighted by Gasteiger charge is -2.28. The molecule has 5 nitrogen and oxygen atoms in total. The van der Waals surface area contributed by atoms with Crippen molar-refractivity contribution in [2.24, 2.45) is 0 Å². The summed E-state index contributed by atoms with van der Waals surface area (Å²) in [6, 6.07) is 0. The molecule has 1 heterocycles. The monoisotopic (exact) mass is 286 g/mol. The van der Waals surface area contributed by atoms with E-state index in [1.165, 1.54) is 32.4 Å². The van der Waals surface area contributed by atoms with Crippen LogP contribution in [0.25, 0.3) is 0 Å². The van der Waals surface area contributed by atoms with Gasteiger partial charge in [-0.3, -0.25) is 4.90 Å². The molecule has 20 heavy (non-hydrogen) atoms. The predicted octanol–water partition coefficient (Wildman–Crippen LogP) is 0.576. The zero-order valence-electron chi connectivity index (χ0n) is 13.7. The van der Waals surface area contributed by atoms with Crippen molar-refractivity contribution in [2.75, 3.05) is 67.0 Å². The lowest BCUT2D eigenvalue weighted by atomic mass is 10.3. The molecule has 1 saturated heterocycles. The van der Waals surface area contributed by atoms with Gasteiger partial charge in [-0.2, -0.15) is 0 Å². The standard InChI is InChI=1S/C15H34N4O/c1-18-12-5-10-16-8-4-9-17-11-7-15(20-3)19(2)14-6-13-18/h15-17H,4-14H2,1-3H3. The third-order valence-corrected chi connectivity index (χ3v) is 3.98. The van der Waals surface area contributed by atoms with Crippen molar-refractivity contribution < 1.29 is 4.74 Å². The molecule has 2 N–H and O–H groups in total. The smallest absolute Gasteiger partial charge is 0.111 e. The topological polar surface area (TPSA) is 39.8 Å². The first kappa shape index (κ1) is 17.9. The van der Waals surface area contributed by atoms with Crippen molar-refractivity contribution in [1.29, 1.82) is 0 Å². The minimum atomic E-state index is 0.235. The summed E-state index contributed by atoms with van der Waals surface area (Å²) in [5.74, 6) is 0. The first-order valence-corrected chi connectivity index (χ1v) is 8.07. The number of rotatable bonds is 1. The molecule has 0 aromatic heterocycles. The molecule has 1 atom stereocenters. The second-order valence-electron chi connectivity index (χ2n) is 5.82. The van der Waals surface area contributed by atoms with Crippen molar-refractivity contribution in [3.8, 4) is 0 Å². The van der Waals surface area contributed by atoms with E-state index in [1.54, 1.807) is 0 Å². The van der Waals surface area contributed by atoms with E-state index < -0.39 is 0 Å². The maximum absolute atomic E-state index is 5.59. The van der Waals surface area contributed by atoms with Gasteiger partial charge in [0, 0.05) is 13.7 Å². The normalized spacial score (nSPS) is 27.4. The maximum atomic E-state index is 5.59. The highest BCUT2D eigenvalue weighted by molar-refractivity contribution is 4.64. The second-order valence-corrected chi connectivity index (χ2v) is 5.82. The van der Waals surface area contributed by atoms with Crippen molar-refractivity contribution in [3.63, 3.8) is 0 Å². The molecule has 0 aromatic rings. The Morgan fingerprint density at radius 2 is 1.50 bits per heavy atom. The number of hydrogen-bond donors (Lipinski definition) is 2. The van der Waals surface area contributed by atoms with E-state index in [1.807, 2.05) is 7.11 Å². The van der Waals surface area contributed by atoms with E-state index >= 15 is 0 Å². The number of ether oxygens (including phenoxy) is 1. The summed E-state index contributed by atoms with van der Waals surface area (Å²) in [5.41, 5.74) is 0. The first-order chi connectivity index (χ1) is 9.74. The van der Waals surface area contributed by atoms with E-state index in [0.29, 0.717) is 0 Å². The van der Waals surface area contributed by atoms with Crippen LogP contribution in [0.4, 0.5) is 0 Å². The second kappa shape index (κ2) is 11.5. The van der Waals surface area contributed by atoms with E-state index in [2.05, 4.69) is 34.5 Å². The third-order valence-electron chi connectivity index (χ3n) is 3.98. The molecule has 120 valence electrons. The number of nitrogens with zero attached hydrogens (tertiary/aromatic N) is 2. The van der Waals surface area contributed by atoms with E-state index in [9.17, 15) is 0 Å². The Morgan fingerprint density at radius 3 is 2.25 bits per heavy atom. The number of methoxy groups -OCH3 is 1. The molecule has 0 aliphatic carbocycles. The Hall–Kier alpha value is -0.200. The summed E-state index contributed by atoms with van der Waals surface area (Å²) in [6.07, 6.45) is 4.92. The summed E-state index contributed by atoms with van der Waals surface area (Å²) in [5, 5.41) is 7.02. The highest BCUT2D eigenvalue weighted by atomic mass is 16.5. The first-order valence-electron chi connectivity index (χ1n) is 8.07. The average molecular weight is 286 g/mol. The molecule has 0 radical (unpaired) electrons. The Labute approximate surface area is 125 Å². The lowest BCUT2D eigenvalue weighted by molar-refractivity contribution is -0.0237. The van der Waals surface area contributed by atoms with Crippen LogP contribution in [0.1, 0.15) is 25.7 Å². The summed E-state index contributed by atoms with van der Waals surface area (Å²) >= 11 is 0. The van der Waals surface area contributed by atoms with Gasteiger partial charge in [0.25, 0.3) is 0 Å². The Kier molecular flexibility index (Phi) is 10.2. The van der Waals surface area contributed by atoms with Crippen LogP contribution in [0.5, 0.6) is 0 Å². The van der Waals surface area contributed by atoms with Crippen LogP contribution in [0.2, 0.25) is 0 Å². The molecule has 1 fully saturated rings. The molecule has 0 saturated carbocycles. The van der Waals surface area contributed by atoms with E-state index in [-0.39, 0.29) is 6.23 Å². The predicted molar refractivity (Wildman–Crippen MR) is 85.1 cm³/mol. The van der Waals surface area contributed by atoms with Gasteiger partial charge >= 0.3 is 0 Å². The summed E-state index contributed by atoms with van der Waals surface area (Å²) in [4.78, 5) is 4.77. The van der Waals surface area contributed by atoms with Gasteiger partial charge in [0.15, 0.2) is 0 Å².